The van der Waals surface area contributed by atoms with E-state index in [-0.39, 0.29) is 42.4 Å². The summed E-state index contributed by atoms with van der Waals surface area (Å²) in [6, 6.07) is 6.36. The zero-order valence-corrected chi connectivity index (χ0v) is 63.0. The van der Waals surface area contributed by atoms with Gasteiger partial charge in [0.25, 0.3) is 5.91 Å². The third-order valence-electron chi connectivity index (χ3n) is 19.6. The highest BCUT2D eigenvalue weighted by atomic mass is 16.2. The van der Waals surface area contributed by atoms with Crippen molar-refractivity contribution in [2.24, 2.45) is 17.2 Å². The molecule has 0 aromatic carbocycles. The van der Waals surface area contributed by atoms with Gasteiger partial charge in [-0.2, -0.15) is 0 Å². The zero-order valence-electron chi connectivity index (χ0n) is 63.0. The van der Waals surface area contributed by atoms with E-state index in [2.05, 4.69) is 146 Å². The fourth-order valence-corrected chi connectivity index (χ4v) is 13.4. The molecule has 2 atom stereocenters. The van der Waals surface area contributed by atoms with Crippen molar-refractivity contribution < 1.29 is 14.4 Å². The van der Waals surface area contributed by atoms with Crippen molar-refractivity contribution in [1.82, 2.24) is 82.5 Å². The van der Waals surface area contributed by atoms with Crippen LogP contribution in [-0.2, 0) is 27.2 Å². The normalized spacial score (nSPS) is 14.0. The van der Waals surface area contributed by atoms with E-state index in [0.717, 1.165) is 270 Å². The number of carbonyl (C=O) groups excluding carboxylic acids is 3. The Balaban J connectivity index is 1.38. The molecule has 2 aliphatic rings. The number of H-pyrrole nitrogens is 2. The molecular weight excluding hydrogens is 1240 g/mol. The van der Waals surface area contributed by atoms with Gasteiger partial charge in [-0.1, -0.05) is 26.5 Å². The number of nitrogens with one attached hydrogen (secondary N) is 11. The largest absolute Gasteiger partial charge is 0.356 e. The molecule has 5 rings (SSSR count). The topological polar surface area (TPSA) is 305 Å². The molecule has 3 aromatic rings. The number of fused-ring (bicyclic) bond motifs is 8. The first-order chi connectivity index (χ1) is 48.1. The summed E-state index contributed by atoms with van der Waals surface area (Å²) in [7, 11) is 6.60. The van der Waals surface area contributed by atoms with Crippen LogP contribution in [-0.4, -0.2) is 231 Å². The molecule has 0 aliphatic carbocycles. The summed E-state index contributed by atoms with van der Waals surface area (Å²) in [6.07, 6.45) is 20.0. The number of nitrogens with two attached hydrogens (primary N) is 3. The molecular formula is C77H137N19O3. The van der Waals surface area contributed by atoms with Gasteiger partial charge in [0.05, 0.1) is 29.1 Å². The Kier molecular flexibility index (Phi) is 42.5. The van der Waals surface area contributed by atoms with Crippen molar-refractivity contribution in [2.75, 3.05) is 178 Å². The van der Waals surface area contributed by atoms with Crippen LogP contribution in [0.2, 0.25) is 0 Å². The number of aromatic nitrogens is 4. The number of amides is 3. The van der Waals surface area contributed by atoms with Crippen LogP contribution in [0.15, 0.2) is 24.8 Å². The molecule has 0 fully saturated rings. The Hall–Kier alpha value is -5.47. The number of unbranched alkanes of at least 4 members (excludes halogenated alkanes) is 5. The van der Waals surface area contributed by atoms with Gasteiger partial charge in [-0.25, -0.2) is 4.98 Å². The molecule has 3 amide bonds. The van der Waals surface area contributed by atoms with E-state index in [9.17, 15) is 9.59 Å². The van der Waals surface area contributed by atoms with Gasteiger partial charge in [0.15, 0.2) is 0 Å². The minimum absolute atomic E-state index is 0.0407. The van der Waals surface area contributed by atoms with Crippen LogP contribution in [0, 0.1) is 13.8 Å². The summed E-state index contributed by atoms with van der Waals surface area (Å²) < 4.78 is 0. The molecule has 22 heteroatoms. The van der Waals surface area contributed by atoms with Crippen LogP contribution < -0.4 is 65.1 Å². The molecule has 0 saturated heterocycles. The molecule has 17 N–H and O–H groups in total. The molecule has 0 spiro atoms. The number of aromatic amines is 2. The van der Waals surface area contributed by atoms with Crippen LogP contribution in [0.5, 0.6) is 0 Å². The standard InChI is InChI=1S/C77H137N19O3/c1-10-62-58(3)66-55-68-60(5)64(28-29-72(97)88-47-46-86-43-27-53-96(9)50-21-18-37-83-40-24-32-80)75(92-68)65(54-73(98)87-44-14-12-33-84-41-25-51-94(7)48-19-16-35-81-38-22-30-78)76-74(61(6)69(93-76)57-71-63(11-2)59(4)67(91-71)56-70(62)90-66)77(99)89-45-15-13-34-85-42-26-52-95(8)49-20-17-36-82-39-23-31-79/h10,55-57,60,64,81-86,90-91H,1,11-54,78-80H2,2-9H3,(H,87,98)(H,88,97)(H,89,99)/t60-,64-/m0/s1. The van der Waals surface area contributed by atoms with Crippen LogP contribution in [0.4, 0.5) is 0 Å². The van der Waals surface area contributed by atoms with E-state index in [1.54, 1.807) is 0 Å². The lowest BCUT2D eigenvalue weighted by molar-refractivity contribution is -0.121. The second-order valence-corrected chi connectivity index (χ2v) is 27.8. The summed E-state index contributed by atoms with van der Waals surface area (Å²) in [5.74, 6) is -0.881. The first-order valence-electron chi connectivity index (χ1n) is 38.5. The number of allylic oxidation sites excluding steroid dienone is 1. The molecule has 2 aliphatic heterocycles. The summed E-state index contributed by atoms with van der Waals surface area (Å²) in [4.78, 5) is 69.7. The lowest BCUT2D eigenvalue weighted by atomic mass is 9.84. The van der Waals surface area contributed by atoms with Crippen molar-refractivity contribution in [3.8, 4) is 0 Å². The van der Waals surface area contributed by atoms with Gasteiger partial charge in [0.1, 0.15) is 0 Å². The van der Waals surface area contributed by atoms with E-state index >= 15 is 4.79 Å². The second-order valence-electron chi connectivity index (χ2n) is 27.8. The van der Waals surface area contributed by atoms with Crippen molar-refractivity contribution in [2.45, 2.75) is 175 Å². The SMILES string of the molecule is C=Cc1c(C)c2cc3nc(c(CC(=O)NCCCCNCCCN(C)CCCCNCCCN)c4nc(cc5[nH]c(cc1[nH]2)c(C)c5CC)C(C)=C4C(=O)NCCCCNCCCN(C)CCCCNCCCN)[C@@H](CCC(=O)NCCNCCCN(C)CCCCNCCCN)[C@@H]3C. The Morgan fingerprint density at radius 2 is 0.949 bits per heavy atom. The molecule has 99 heavy (non-hydrogen) atoms. The van der Waals surface area contributed by atoms with Crippen LogP contribution in [0.25, 0.3) is 39.3 Å². The van der Waals surface area contributed by atoms with Crippen LogP contribution >= 0.6 is 0 Å². The van der Waals surface area contributed by atoms with E-state index in [1.165, 1.54) is 25.7 Å². The number of hydrogen-bond acceptors (Lipinski definition) is 17. The maximum Gasteiger partial charge on any atom is 0.253 e. The van der Waals surface area contributed by atoms with Crippen molar-refractivity contribution in [1.29, 1.82) is 0 Å². The van der Waals surface area contributed by atoms with Gasteiger partial charge in [-0.3, -0.25) is 19.4 Å². The Bertz CT molecular complexity index is 3010. The molecule has 0 unspecified atom stereocenters. The Morgan fingerprint density at radius 3 is 1.46 bits per heavy atom. The van der Waals surface area contributed by atoms with Crippen LogP contribution in [0.3, 0.4) is 0 Å². The number of rotatable bonds is 57. The molecule has 22 nitrogen and oxygen atoms in total. The maximum absolute atomic E-state index is 15.2. The summed E-state index contributed by atoms with van der Waals surface area (Å²) >= 11 is 0. The van der Waals surface area contributed by atoms with Crippen molar-refractivity contribution >= 4 is 57.0 Å². The number of aryl methyl sites for hydroxylation is 3. The van der Waals surface area contributed by atoms with E-state index in [4.69, 9.17) is 27.2 Å². The third-order valence-corrected chi connectivity index (χ3v) is 19.6. The predicted octanol–water partition coefficient (Wildman–Crippen LogP) is 7.08. The number of nitrogens with zero attached hydrogens (tertiary/aromatic N) is 5. The monoisotopic (exact) mass is 1380 g/mol. The molecule has 5 heterocycles. The minimum Gasteiger partial charge on any atom is -0.356 e. The third kappa shape index (κ3) is 31.0. The average Bonchev–Trinajstić information content (AvgIpc) is 1.61. The fourth-order valence-electron chi connectivity index (χ4n) is 13.4. The van der Waals surface area contributed by atoms with E-state index in [1.807, 2.05) is 13.0 Å². The van der Waals surface area contributed by atoms with Crippen LogP contribution in [0.1, 0.15) is 199 Å². The summed E-state index contributed by atoms with van der Waals surface area (Å²) in [5, 5.41) is 31.0. The number of hydrogen-bond donors (Lipinski definition) is 14. The smallest absolute Gasteiger partial charge is 0.253 e. The van der Waals surface area contributed by atoms with Gasteiger partial charge < -0.3 is 89.7 Å². The van der Waals surface area contributed by atoms with Gasteiger partial charge in [-0.05, 0) is 329 Å². The van der Waals surface area contributed by atoms with Gasteiger partial charge >= 0.3 is 0 Å². The van der Waals surface area contributed by atoms with Gasteiger partial charge in [0.2, 0.25) is 11.8 Å². The van der Waals surface area contributed by atoms with E-state index in [0.29, 0.717) is 60.8 Å². The molecule has 3 aromatic heterocycles. The second kappa shape index (κ2) is 50.0. The first kappa shape index (κ1) is 84.2. The molecule has 0 radical (unpaired) electrons. The zero-order chi connectivity index (χ0) is 71.4. The van der Waals surface area contributed by atoms with Gasteiger partial charge in [0, 0.05) is 83.3 Å². The first-order valence-corrected chi connectivity index (χ1v) is 38.5. The fraction of sp³-hybridized carbons (Fsp3) is 0.701. The van der Waals surface area contributed by atoms with Gasteiger partial charge in [-0.15, -0.1) is 0 Å². The summed E-state index contributed by atoms with van der Waals surface area (Å²) in [6.45, 7) is 36.1. The highest BCUT2D eigenvalue weighted by molar-refractivity contribution is 6.27. The predicted molar refractivity (Wildman–Crippen MR) is 416 cm³/mol. The molecule has 8 bridgehead atoms. The molecule has 558 valence electrons. The average molecular weight is 1380 g/mol. The van der Waals surface area contributed by atoms with Crippen molar-refractivity contribution in [3.05, 3.63) is 75.4 Å². The van der Waals surface area contributed by atoms with Crippen molar-refractivity contribution in [3.63, 3.8) is 0 Å². The maximum atomic E-state index is 15.2. The lowest BCUT2D eigenvalue weighted by Gasteiger charge is -2.19. The molecule has 0 saturated carbocycles. The number of carbonyl (C=O) groups is 3. The highest BCUT2D eigenvalue weighted by Crippen LogP contribution is 2.44. The lowest BCUT2D eigenvalue weighted by Crippen LogP contribution is -2.33. The quantitative estimate of drug-likeness (QED) is 0.0251. The highest BCUT2D eigenvalue weighted by Gasteiger charge is 2.36. The Labute approximate surface area is 596 Å². The summed E-state index contributed by atoms with van der Waals surface area (Å²) in [5.41, 5.74) is 29.3. The minimum atomic E-state index is -0.282. The van der Waals surface area contributed by atoms with E-state index < -0.39 is 0 Å². The Morgan fingerprint density at radius 1 is 0.505 bits per heavy atom.